The lowest BCUT2D eigenvalue weighted by atomic mass is 10.1. The Kier molecular flexibility index (Phi) is 12.1. The molecule has 1 heterocycles. The highest BCUT2D eigenvalue weighted by Crippen LogP contribution is 2.16. The van der Waals surface area contributed by atoms with E-state index in [-0.39, 0.29) is 24.3 Å². The molecule has 0 spiro atoms. The number of amides is 2. The fourth-order valence-electron chi connectivity index (χ4n) is 4.35. The Morgan fingerprint density at radius 2 is 1.67 bits per heavy atom. The van der Waals surface area contributed by atoms with Crippen LogP contribution in [0.25, 0.3) is 0 Å². The Bertz CT molecular complexity index is 1140. The lowest BCUT2D eigenvalue weighted by Gasteiger charge is -2.29. The van der Waals surface area contributed by atoms with Gasteiger partial charge in [-0.25, -0.2) is 0 Å². The van der Waals surface area contributed by atoms with Crippen LogP contribution in [0, 0.1) is 5.92 Å². The average molecular weight is 534 g/mol. The van der Waals surface area contributed by atoms with E-state index in [9.17, 15) is 9.59 Å². The zero-order chi connectivity index (χ0) is 28.0. The molecule has 210 valence electrons. The molecule has 0 N–H and O–H groups in total. The monoisotopic (exact) mass is 533 g/mol. The lowest BCUT2D eigenvalue weighted by Crippen LogP contribution is -2.45. The molecule has 0 saturated heterocycles. The Labute approximate surface area is 233 Å². The number of hydrogen-bond acceptors (Lipinski definition) is 4. The molecule has 3 aromatic rings. The summed E-state index contributed by atoms with van der Waals surface area (Å²) in [6.07, 6.45) is 4.09. The molecular weight excluding hydrogens is 490 g/mol. The highest BCUT2D eigenvalue weighted by atomic mass is 16.5. The van der Waals surface area contributed by atoms with Crippen molar-refractivity contribution in [2.45, 2.75) is 46.7 Å². The van der Waals surface area contributed by atoms with Gasteiger partial charge in [0.25, 0.3) is 5.91 Å². The summed E-state index contributed by atoms with van der Waals surface area (Å²) in [5.41, 5.74) is 2.77. The second-order valence-electron chi connectivity index (χ2n) is 10.2. The van der Waals surface area contributed by atoms with Crippen molar-refractivity contribution in [2.75, 3.05) is 40.0 Å². The molecule has 2 amide bonds. The minimum absolute atomic E-state index is 0.00880. The Hall–Kier alpha value is -3.58. The molecule has 0 fully saturated rings. The van der Waals surface area contributed by atoms with Crippen molar-refractivity contribution in [1.29, 1.82) is 0 Å². The molecule has 2 aromatic carbocycles. The molecular formula is C32H43N3O4. The number of ether oxygens (including phenoxy) is 2. The molecule has 3 rings (SSSR count). The van der Waals surface area contributed by atoms with Gasteiger partial charge in [-0.15, -0.1) is 0 Å². The first-order valence-corrected chi connectivity index (χ1v) is 13.9. The van der Waals surface area contributed by atoms with E-state index in [4.69, 9.17) is 9.47 Å². The molecule has 0 radical (unpaired) electrons. The maximum atomic E-state index is 13.6. The van der Waals surface area contributed by atoms with E-state index in [1.54, 1.807) is 29.0 Å². The topological polar surface area (TPSA) is 64.0 Å². The quantitative estimate of drug-likeness (QED) is 0.229. The predicted octanol–water partition coefficient (Wildman–Crippen LogP) is 5.49. The highest BCUT2D eigenvalue weighted by molar-refractivity contribution is 5.96. The van der Waals surface area contributed by atoms with E-state index < -0.39 is 0 Å². The van der Waals surface area contributed by atoms with Gasteiger partial charge < -0.3 is 23.8 Å². The number of carbonyl (C=O) groups excluding carboxylic acids is 2. The van der Waals surface area contributed by atoms with Crippen LogP contribution in [-0.2, 0) is 22.6 Å². The summed E-state index contributed by atoms with van der Waals surface area (Å²) in [7, 11) is 1.63. The van der Waals surface area contributed by atoms with E-state index in [0.29, 0.717) is 38.4 Å². The largest absolute Gasteiger partial charge is 0.494 e. The van der Waals surface area contributed by atoms with Crippen molar-refractivity contribution >= 4 is 11.8 Å². The number of hydrogen-bond donors (Lipinski definition) is 0. The van der Waals surface area contributed by atoms with Crippen molar-refractivity contribution in [3.8, 4) is 5.75 Å². The second kappa shape index (κ2) is 15.7. The molecule has 0 saturated carbocycles. The van der Waals surface area contributed by atoms with E-state index >= 15 is 0 Å². The number of rotatable bonds is 16. The van der Waals surface area contributed by atoms with E-state index in [2.05, 4.69) is 37.5 Å². The number of benzene rings is 2. The van der Waals surface area contributed by atoms with Crippen LogP contribution in [0.15, 0.2) is 72.9 Å². The minimum atomic E-state index is -0.156. The molecule has 0 unspecified atom stereocenters. The number of carbonyl (C=O) groups is 2. The van der Waals surface area contributed by atoms with E-state index in [1.165, 1.54) is 5.56 Å². The third kappa shape index (κ3) is 9.59. The fraction of sp³-hybridized carbons (Fsp3) is 0.438. The van der Waals surface area contributed by atoms with E-state index in [0.717, 1.165) is 30.8 Å². The van der Waals surface area contributed by atoms with E-state index in [1.807, 2.05) is 48.7 Å². The summed E-state index contributed by atoms with van der Waals surface area (Å²) in [5, 5.41) is 0. The summed E-state index contributed by atoms with van der Waals surface area (Å²) >= 11 is 0. The molecule has 7 nitrogen and oxygen atoms in total. The van der Waals surface area contributed by atoms with Crippen LogP contribution < -0.4 is 4.74 Å². The number of methoxy groups -OCH3 is 1. The van der Waals surface area contributed by atoms with Crippen LogP contribution in [0.4, 0.5) is 0 Å². The van der Waals surface area contributed by atoms with Crippen LogP contribution in [0.5, 0.6) is 5.75 Å². The van der Waals surface area contributed by atoms with Crippen molar-refractivity contribution in [1.82, 2.24) is 14.4 Å². The molecule has 0 aliphatic rings. The van der Waals surface area contributed by atoms with Gasteiger partial charge in [-0.1, -0.05) is 57.5 Å². The SMILES string of the molecule is CCCCOc1ccc(C(=O)N(CC(=O)N(CCOC)Cc2cccn2Cc2ccccc2)CC(C)C)cc1. The maximum Gasteiger partial charge on any atom is 0.254 e. The summed E-state index contributed by atoms with van der Waals surface area (Å²) < 4.78 is 13.2. The first kappa shape index (κ1) is 30.0. The standard InChI is InChI=1S/C32H43N3O4/c1-5-6-20-39-30-16-14-28(15-17-30)32(37)35(22-26(2)3)25-31(36)34(19-21-38-4)24-29-13-10-18-33(29)23-27-11-8-7-9-12-27/h7-18,26H,5-6,19-25H2,1-4H3. The second-order valence-corrected chi connectivity index (χ2v) is 10.2. The van der Waals surface area contributed by atoms with Gasteiger partial charge in [0.1, 0.15) is 12.3 Å². The Morgan fingerprint density at radius 3 is 2.33 bits per heavy atom. The van der Waals surface area contributed by atoms with Crippen molar-refractivity contribution in [2.24, 2.45) is 5.92 Å². The summed E-state index contributed by atoms with van der Waals surface area (Å²) in [5.74, 6) is 0.703. The molecule has 0 bridgehead atoms. The molecule has 0 atom stereocenters. The van der Waals surface area contributed by atoms with Gasteiger partial charge in [-0.2, -0.15) is 0 Å². The van der Waals surface area contributed by atoms with Gasteiger partial charge in [0.15, 0.2) is 0 Å². The molecule has 0 aliphatic carbocycles. The van der Waals surface area contributed by atoms with Gasteiger partial charge in [-0.05, 0) is 54.3 Å². The van der Waals surface area contributed by atoms with Gasteiger partial charge >= 0.3 is 0 Å². The van der Waals surface area contributed by atoms with Gasteiger partial charge in [-0.3, -0.25) is 9.59 Å². The van der Waals surface area contributed by atoms with Gasteiger partial charge in [0.2, 0.25) is 5.91 Å². The van der Waals surface area contributed by atoms with Gasteiger partial charge in [0.05, 0.1) is 19.8 Å². The van der Waals surface area contributed by atoms with Crippen molar-refractivity contribution in [3.63, 3.8) is 0 Å². The third-order valence-electron chi connectivity index (χ3n) is 6.46. The van der Waals surface area contributed by atoms with Crippen LogP contribution in [0.1, 0.15) is 55.2 Å². The van der Waals surface area contributed by atoms with Crippen LogP contribution in [0.2, 0.25) is 0 Å². The first-order chi connectivity index (χ1) is 18.9. The van der Waals surface area contributed by atoms with Crippen LogP contribution in [-0.4, -0.2) is 66.1 Å². The molecule has 7 heteroatoms. The molecule has 39 heavy (non-hydrogen) atoms. The Morgan fingerprint density at radius 1 is 0.923 bits per heavy atom. The summed E-state index contributed by atoms with van der Waals surface area (Å²) in [6, 6.07) is 21.5. The highest BCUT2D eigenvalue weighted by Gasteiger charge is 2.24. The van der Waals surface area contributed by atoms with Crippen molar-refractivity contribution < 1.29 is 19.1 Å². The number of nitrogens with zero attached hydrogens (tertiary/aromatic N) is 3. The third-order valence-corrected chi connectivity index (χ3v) is 6.46. The van der Waals surface area contributed by atoms with Crippen LogP contribution in [0.3, 0.4) is 0 Å². The average Bonchev–Trinajstić information content (AvgIpc) is 3.37. The summed E-state index contributed by atoms with van der Waals surface area (Å²) in [6.45, 7) is 9.40. The smallest absolute Gasteiger partial charge is 0.254 e. The first-order valence-electron chi connectivity index (χ1n) is 13.9. The zero-order valence-corrected chi connectivity index (χ0v) is 23.8. The molecule has 1 aromatic heterocycles. The zero-order valence-electron chi connectivity index (χ0n) is 23.8. The number of aromatic nitrogens is 1. The fourth-order valence-corrected chi connectivity index (χ4v) is 4.35. The van der Waals surface area contributed by atoms with Gasteiger partial charge in [0, 0.05) is 44.2 Å². The predicted molar refractivity (Wildman–Crippen MR) is 155 cm³/mol. The molecule has 0 aliphatic heterocycles. The van der Waals surface area contributed by atoms with Crippen molar-refractivity contribution in [3.05, 3.63) is 89.7 Å². The Balaban J connectivity index is 1.72. The summed E-state index contributed by atoms with van der Waals surface area (Å²) in [4.78, 5) is 30.5. The normalized spacial score (nSPS) is 11.0. The maximum absolute atomic E-state index is 13.6. The van der Waals surface area contributed by atoms with Crippen LogP contribution >= 0.6 is 0 Å². The lowest BCUT2D eigenvalue weighted by molar-refractivity contribution is -0.133. The number of unbranched alkanes of at least 4 members (excludes halogenated alkanes) is 1. The minimum Gasteiger partial charge on any atom is -0.494 e.